The molecule has 1 fully saturated rings. The summed E-state index contributed by atoms with van der Waals surface area (Å²) >= 11 is 7.72. The second-order valence-corrected chi connectivity index (χ2v) is 9.62. The number of nitrogens with zero attached hydrogens (tertiary/aromatic N) is 3. The lowest BCUT2D eigenvalue weighted by atomic mass is 10.0. The average molecular weight is 472 g/mol. The number of hydrogen-bond donors (Lipinski definition) is 3. The van der Waals surface area contributed by atoms with Crippen LogP contribution in [0, 0.1) is 6.92 Å². The third kappa shape index (κ3) is 4.13. The van der Waals surface area contributed by atoms with E-state index in [4.69, 9.17) is 16.6 Å². The van der Waals surface area contributed by atoms with E-state index in [1.165, 1.54) is 16.2 Å². The molecule has 1 saturated heterocycles. The van der Waals surface area contributed by atoms with Gasteiger partial charge in [-0.1, -0.05) is 23.7 Å². The maximum Gasteiger partial charge on any atom is 0.325 e. The van der Waals surface area contributed by atoms with Crippen molar-refractivity contribution >= 4 is 40.8 Å². The number of hydrogen-bond acceptors (Lipinski definition) is 7. The van der Waals surface area contributed by atoms with Crippen LogP contribution in [-0.2, 0) is 4.79 Å². The van der Waals surface area contributed by atoms with Gasteiger partial charge in [0.15, 0.2) is 0 Å². The number of urea groups is 1. The predicted octanol–water partition coefficient (Wildman–Crippen LogP) is 4.28. The van der Waals surface area contributed by atoms with Crippen molar-refractivity contribution in [2.45, 2.75) is 26.3 Å². The molecule has 0 aliphatic carbocycles. The Bertz CT molecular complexity index is 1190. The molecule has 0 bridgehead atoms. The molecule has 1 aromatic carbocycles. The third-order valence-electron chi connectivity index (χ3n) is 5.35. The fraction of sp³-hybridized carbons (Fsp3) is 0.273. The Morgan fingerprint density at radius 3 is 2.69 bits per heavy atom. The van der Waals surface area contributed by atoms with Crippen LogP contribution >= 0.6 is 22.9 Å². The van der Waals surface area contributed by atoms with Gasteiger partial charge in [-0.25, -0.2) is 14.8 Å². The van der Waals surface area contributed by atoms with Crippen LogP contribution in [0.3, 0.4) is 0 Å². The van der Waals surface area contributed by atoms with Crippen molar-refractivity contribution in [1.82, 2.24) is 20.2 Å². The molecule has 166 valence electrons. The summed E-state index contributed by atoms with van der Waals surface area (Å²) in [5.41, 5.74) is 2.27. The number of phenolic OH excluding ortho intramolecular Hbond substituents is 1. The van der Waals surface area contributed by atoms with Gasteiger partial charge in [0.05, 0.1) is 14.9 Å². The van der Waals surface area contributed by atoms with Crippen molar-refractivity contribution in [3.05, 3.63) is 46.4 Å². The molecule has 3 heterocycles. The van der Waals surface area contributed by atoms with Gasteiger partial charge in [0, 0.05) is 24.8 Å². The minimum Gasteiger partial charge on any atom is -0.508 e. The van der Waals surface area contributed by atoms with Gasteiger partial charge in [0.25, 0.3) is 5.91 Å². The number of thiophene rings is 1. The number of halogens is 1. The smallest absolute Gasteiger partial charge is 0.325 e. The van der Waals surface area contributed by atoms with Crippen molar-refractivity contribution in [2.75, 3.05) is 18.4 Å². The lowest BCUT2D eigenvalue weighted by Crippen LogP contribution is -2.46. The van der Waals surface area contributed by atoms with E-state index in [-0.39, 0.29) is 11.7 Å². The molecular weight excluding hydrogens is 450 g/mol. The molecule has 0 atom stereocenters. The van der Waals surface area contributed by atoms with E-state index >= 15 is 0 Å². The van der Waals surface area contributed by atoms with Gasteiger partial charge in [0.1, 0.15) is 11.3 Å². The van der Waals surface area contributed by atoms with Gasteiger partial charge in [0.2, 0.25) is 5.95 Å². The number of phenols is 1. The normalized spacial score (nSPS) is 15.2. The standard InChI is InChI=1S/C22H22ClN5O3S/c1-12-9-16(32-18(12)23)17-15(13-5-4-6-14(29)10-13)11-25-20(26-17)24-7-8-28-21(31)27-19(30)22(28,2)3/h4-6,9-11,29H,7-8H2,1-3H3,(H,24,25,26)(H,27,30,31). The van der Waals surface area contributed by atoms with Crippen molar-refractivity contribution in [2.24, 2.45) is 0 Å². The molecule has 32 heavy (non-hydrogen) atoms. The van der Waals surface area contributed by atoms with Crippen LogP contribution in [0.15, 0.2) is 36.5 Å². The van der Waals surface area contributed by atoms with Crippen LogP contribution < -0.4 is 10.6 Å². The lowest BCUT2D eigenvalue weighted by Gasteiger charge is -2.27. The van der Waals surface area contributed by atoms with Crippen molar-refractivity contribution < 1.29 is 14.7 Å². The summed E-state index contributed by atoms with van der Waals surface area (Å²) in [7, 11) is 0. The maximum atomic E-state index is 12.0. The molecule has 1 aliphatic rings. The Morgan fingerprint density at radius 1 is 1.28 bits per heavy atom. The molecular formula is C22H22ClN5O3S. The molecule has 0 unspecified atom stereocenters. The molecule has 10 heteroatoms. The number of rotatable bonds is 6. The number of imide groups is 1. The van der Waals surface area contributed by atoms with E-state index in [0.717, 1.165) is 21.6 Å². The monoisotopic (exact) mass is 471 g/mol. The lowest BCUT2D eigenvalue weighted by molar-refractivity contribution is -0.125. The highest BCUT2D eigenvalue weighted by atomic mass is 35.5. The molecule has 2 aromatic heterocycles. The highest BCUT2D eigenvalue weighted by molar-refractivity contribution is 7.19. The van der Waals surface area contributed by atoms with Gasteiger partial charge in [-0.3, -0.25) is 10.1 Å². The highest BCUT2D eigenvalue weighted by Gasteiger charge is 2.45. The zero-order valence-corrected chi connectivity index (χ0v) is 19.3. The van der Waals surface area contributed by atoms with Crippen molar-refractivity contribution in [1.29, 1.82) is 0 Å². The fourth-order valence-electron chi connectivity index (χ4n) is 3.47. The second kappa shape index (κ2) is 8.40. The summed E-state index contributed by atoms with van der Waals surface area (Å²) in [5, 5.41) is 15.4. The second-order valence-electron chi connectivity index (χ2n) is 7.97. The van der Waals surface area contributed by atoms with Gasteiger partial charge >= 0.3 is 6.03 Å². The van der Waals surface area contributed by atoms with Crippen LogP contribution in [0.4, 0.5) is 10.7 Å². The number of aromatic hydroxyl groups is 1. The van der Waals surface area contributed by atoms with Crippen LogP contribution in [0.5, 0.6) is 5.75 Å². The first-order valence-corrected chi connectivity index (χ1v) is 11.2. The van der Waals surface area contributed by atoms with E-state index < -0.39 is 11.6 Å². The van der Waals surface area contributed by atoms with Crippen LogP contribution in [-0.4, -0.2) is 50.5 Å². The topological polar surface area (TPSA) is 107 Å². The number of aryl methyl sites for hydroxylation is 1. The molecule has 1 aliphatic heterocycles. The molecule has 8 nitrogen and oxygen atoms in total. The first-order valence-electron chi connectivity index (χ1n) is 9.96. The van der Waals surface area contributed by atoms with E-state index in [1.807, 2.05) is 19.1 Å². The van der Waals surface area contributed by atoms with Gasteiger partial charge in [-0.2, -0.15) is 0 Å². The number of nitrogens with one attached hydrogen (secondary N) is 2. The molecule has 0 spiro atoms. The van der Waals surface area contributed by atoms with E-state index in [1.54, 1.807) is 38.2 Å². The molecule has 3 N–H and O–H groups in total. The van der Waals surface area contributed by atoms with Gasteiger partial charge in [-0.05, 0) is 50.1 Å². The zero-order valence-electron chi connectivity index (χ0n) is 17.8. The van der Waals surface area contributed by atoms with Crippen LogP contribution in [0.1, 0.15) is 19.4 Å². The summed E-state index contributed by atoms with van der Waals surface area (Å²) in [6, 6.07) is 8.45. The Kier molecular flexibility index (Phi) is 5.79. The Morgan fingerprint density at radius 2 is 2.06 bits per heavy atom. The Hall–Kier alpha value is -3.17. The number of amides is 3. The predicted molar refractivity (Wildman–Crippen MR) is 125 cm³/mol. The quantitative estimate of drug-likeness (QED) is 0.463. The number of benzene rings is 1. The maximum absolute atomic E-state index is 12.0. The molecule has 4 rings (SSSR count). The molecule has 3 amide bonds. The first-order chi connectivity index (χ1) is 15.2. The number of carbonyl (C=O) groups excluding carboxylic acids is 2. The first kappa shape index (κ1) is 22.0. The summed E-state index contributed by atoms with van der Waals surface area (Å²) in [5.74, 6) is 0.216. The Balaban J connectivity index is 1.61. The largest absolute Gasteiger partial charge is 0.508 e. The summed E-state index contributed by atoms with van der Waals surface area (Å²) in [6.45, 7) is 6.01. The number of aromatic nitrogens is 2. The number of carbonyl (C=O) groups is 2. The van der Waals surface area contributed by atoms with E-state index in [0.29, 0.717) is 29.1 Å². The fourth-order valence-corrected chi connectivity index (χ4v) is 4.68. The van der Waals surface area contributed by atoms with Crippen molar-refractivity contribution in [3.63, 3.8) is 0 Å². The van der Waals surface area contributed by atoms with Gasteiger partial charge < -0.3 is 15.3 Å². The average Bonchev–Trinajstić information content (AvgIpc) is 3.17. The van der Waals surface area contributed by atoms with Gasteiger partial charge in [-0.15, -0.1) is 11.3 Å². The van der Waals surface area contributed by atoms with Crippen LogP contribution in [0.25, 0.3) is 21.7 Å². The molecule has 0 radical (unpaired) electrons. The third-order valence-corrected chi connectivity index (χ3v) is 6.91. The summed E-state index contributed by atoms with van der Waals surface area (Å²) in [4.78, 5) is 35.5. The minimum absolute atomic E-state index is 0.150. The summed E-state index contributed by atoms with van der Waals surface area (Å²) in [6.07, 6.45) is 1.69. The Labute approximate surface area is 194 Å². The summed E-state index contributed by atoms with van der Waals surface area (Å²) < 4.78 is 0.682. The minimum atomic E-state index is -0.908. The zero-order chi connectivity index (χ0) is 23.0. The van der Waals surface area contributed by atoms with Crippen molar-refractivity contribution in [3.8, 4) is 27.4 Å². The van der Waals surface area contributed by atoms with Crippen LogP contribution in [0.2, 0.25) is 4.34 Å². The van der Waals surface area contributed by atoms with E-state index in [2.05, 4.69) is 15.6 Å². The molecule has 3 aromatic rings. The van der Waals surface area contributed by atoms with E-state index in [9.17, 15) is 14.7 Å². The number of anilines is 1. The SMILES string of the molecule is Cc1cc(-c2nc(NCCN3C(=O)NC(=O)C3(C)C)ncc2-c2cccc(O)c2)sc1Cl. The highest BCUT2D eigenvalue weighted by Crippen LogP contribution is 2.39. The molecule has 0 saturated carbocycles.